The maximum atomic E-state index is 6.19. The Morgan fingerprint density at radius 2 is 1.90 bits per heavy atom. The third-order valence-corrected chi connectivity index (χ3v) is 4.16. The highest BCUT2D eigenvalue weighted by Crippen LogP contribution is 2.22. The molecule has 1 aliphatic rings. The van der Waals surface area contributed by atoms with Crippen molar-refractivity contribution in [3.8, 4) is 0 Å². The molecular formula is C15H25ClN4. The van der Waals surface area contributed by atoms with Crippen LogP contribution < -0.4 is 5.32 Å². The first-order valence-corrected chi connectivity index (χ1v) is 7.96. The van der Waals surface area contributed by atoms with Gasteiger partial charge in [-0.1, -0.05) is 31.9 Å². The first-order valence-electron chi connectivity index (χ1n) is 7.58. The van der Waals surface area contributed by atoms with Crippen LogP contribution >= 0.6 is 11.6 Å². The second-order valence-corrected chi connectivity index (χ2v) is 6.19. The number of hydrogen-bond donors (Lipinski definition) is 1. The fourth-order valence-corrected chi connectivity index (χ4v) is 2.63. The van der Waals surface area contributed by atoms with Crippen LogP contribution in [-0.4, -0.2) is 41.0 Å². The van der Waals surface area contributed by atoms with Gasteiger partial charge < -0.3 is 10.2 Å². The van der Waals surface area contributed by atoms with Gasteiger partial charge in [-0.2, -0.15) is 0 Å². The lowest BCUT2D eigenvalue weighted by Crippen LogP contribution is -2.33. The van der Waals surface area contributed by atoms with Crippen LogP contribution in [0.25, 0.3) is 0 Å². The molecule has 1 N–H and O–H groups in total. The number of piperidine rings is 1. The summed E-state index contributed by atoms with van der Waals surface area (Å²) in [6.45, 7) is 10.6. The fourth-order valence-electron chi connectivity index (χ4n) is 2.45. The summed E-state index contributed by atoms with van der Waals surface area (Å²) in [5.41, 5.74) is 0.940. The van der Waals surface area contributed by atoms with Gasteiger partial charge in [-0.05, 0) is 32.9 Å². The van der Waals surface area contributed by atoms with E-state index >= 15 is 0 Å². The van der Waals surface area contributed by atoms with E-state index in [4.69, 9.17) is 11.6 Å². The Morgan fingerprint density at radius 3 is 2.55 bits per heavy atom. The van der Waals surface area contributed by atoms with E-state index in [1.165, 1.54) is 32.4 Å². The second-order valence-electron chi connectivity index (χ2n) is 5.83. The van der Waals surface area contributed by atoms with Gasteiger partial charge in [0.15, 0.2) is 0 Å². The highest BCUT2D eigenvalue weighted by atomic mass is 35.5. The zero-order chi connectivity index (χ0) is 14.5. The lowest BCUT2D eigenvalue weighted by molar-refractivity contribution is 0.237. The van der Waals surface area contributed by atoms with Crippen LogP contribution in [0, 0.1) is 6.92 Å². The molecule has 0 saturated carbocycles. The summed E-state index contributed by atoms with van der Waals surface area (Å²) in [5, 5.41) is 3.98. The van der Waals surface area contributed by atoms with Crippen molar-refractivity contribution >= 4 is 17.4 Å². The van der Waals surface area contributed by atoms with Gasteiger partial charge in [-0.3, -0.25) is 0 Å². The monoisotopic (exact) mass is 296 g/mol. The molecule has 0 amide bonds. The Labute approximate surface area is 126 Å². The van der Waals surface area contributed by atoms with Gasteiger partial charge in [0.2, 0.25) is 0 Å². The molecule has 1 aromatic heterocycles. The molecule has 1 saturated heterocycles. The molecule has 0 unspecified atom stereocenters. The molecule has 5 heteroatoms. The van der Waals surface area contributed by atoms with E-state index in [-0.39, 0.29) is 5.92 Å². The smallest absolute Gasteiger partial charge is 0.137 e. The number of hydrogen-bond acceptors (Lipinski definition) is 4. The average molecular weight is 297 g/mol. The SMILES string of the molecule is Cc1c(Cl)nc(C(C)C)nc1NCCN1CCCCC1. The van der Waals surface area contributed by atoms with Crippen molar-refractivity contribution in [2.24, 2.45) is 0 Å². The molecule has 0 spiro atoms. The Kier molecular flexibility index (Phi) is 5.61. The molecule has 1 aliphatic heterocycles. The number of aromatic nitrogens is 2. The van der Waals surface area contributed by atoms with Gasteiger partial charge in [0, 0.05) is 24.6 Å². The van der Waals surface area contributed by atoms with Gasteiger partial charge >= 0.3 is 0 Å². The highest BCUT2D eigenvalue weighted by molar-refractivity contribution is 6.30. The standard InChI is InChI=1S/C15H25ClN4/c1-11(2)14-18-13(16)12(3)15(19-14)17-7-10-20-8-5-4-6-9-20/h11H,4-10H2,1-3H3,(H,17,18,19). The lowest BCUT2D eigenvalue weighted by Gasteiger charge is -2.26. The molecule has 0 bridgehead atoms. The van der Waals surface area contributed by atoms with E-state index in [1.807, 2.05) is 6.92 Å². The van der Waals surface area contributed by atoms with Gasteiger partial charge in [0.25, 0.3) is 0 Å². The van der Waals surface area contributed by atoms with Crippen molar-refractivity contribution in [2.45, 2.75) is 46.0 Å². The number of nitrogens with zero attached hydrogens (tertiary/aromatic N) is 3. The molecule has 2 heterocycles. The number of rotatable bonds is 5. The van der Waals surface area contributed by atoms with Gasteiger partial charge in [-0.15, -0.1) is 0 Å². The first kappa shape index (κ1) is 15.5. The van der Waals surface area contributed by atoms with E-state index < -0.39 is 0 Å². The maximum absolute atomic E-state index is 6.19. The first-order chi connectivity index (χ1) is 9.58. The largest absolute Gasteiger partial charge is 0.368 e. The molecule has 1 aromatic rings. The van der Waals surface area contributed by atoms with Crippen LogP contribution in [0.1, 0.15) is 50.4 Å². The predicted octanol–water partition coefficient (Wildman–Crippen LogP) is 3.46. The number of halogens is 1. The fraction of sp³-hybridized carbons (Fsp3) is 0.733. The van der Waals surface area contributed by atoms with E-state index in [0.717, 1.165) is 30.3 Å². The lowest BCUT2D eigenvalue weighted by atomic mass is 10.1. The van der Waals surface area contributed by atoms with Crippen LogP contribution in [0.5, 0.6) is 0 Å². The number of likely N-dealkylation sites (tertiary alicyclic amines) is 1. The van der Waals surface area contributed by atoms with Gasteiger partial charge in [0.1, 0.15) is 16.8 Å². The zero-order valence-electron chi connectivity index (χ0n) is 12.7. The third-order valence-electron chi connectivity index (χ3n) is 3.79. The quantitative estimate of drug-likeness (QED) is 0.845. The van der Waals surface area contributed by atoms with E-state index in [1.54, 1.807) is 0 Å². The van der Waals surface area contributed by atoms with Crippen molar-refractivity contribution in [3.63, 3.8) is 0 Å². The van der Waals surface area contributed by atoms with Crippen LogP contribution in [0.15, 0.2) is 0 Å². The molecule has 0 atom stereocenters. The maximum Gasteiger partial charge on any atom is 0.137 e. The van der Waals surface area contributed by atoms with Crippen LogP contribution in [-0.2, 0) is 0 Å². The van der Waals surface area contributed by atoms with Crippen molar-refractivity contribution < 1.29 is 0 Å². The minimum atomic E-state index is 0.288. The predicted molar refractivity (Wildman–Crippen MR) is 84.6 cm³/mol. The molecule has 4 nitrogen and oxygen atoms in total. The minimum Gasteiger partial charge on any atom is -0.368 e. The second kappa shape index (κ2) is 7.23. The highest BCUT2D eigenvalue weighted by Gasteiger charge is 2.13. The molecule has 20 heavy (non-hydrogen) atoms. The summed E-state index contributed by atoms with van der Waals surface area (Å²) in [7, 11) is 0. The Hall–Kier alpha value is -0.870. The van der Waals surface area contributed by atoms with Crippen molar-refractivity contribution in [2.75, 3.05) is 31.5 Å². The molecule has 112 valence electrons. The summed E-state index contributed by atoms with van der Waals surface area (Å²) in [5.74, 6) is 1.97. The summed E-state index contributed by atoms with van der Waals surface area (Å²) >= 11 is 6.19. The van der Waals surface area contributed by atoms with E-state index in [2.05, 4.69) is 34.0 Å². The average Bonchev–Trinajstić information content (AvgIpc) is 2.44. The Bertz CT molecular complexity index is 442. The van der Waals surface area contributed by atoms with Gasteiger partial charge in [-0.25, -0.2) is 9.97 Å². The Balaban J connectivity index is 1.94. The minimum absolute atomic E-state index is 0.288. The van der Waals surface area contributed by atoms with Crippen molar-refractivity contribution in [1.82, 2.24) is 14.9 Å². The molecule has 0 radical (unpaired) electrons. The Morgan fingerprint density at radius 1 is 1.20 bits per heavy atom. The zero-order valence-corrected chi connectivity index (χ0v) is 13.5. The van der Waals surface area contributed by atoms with E-state index in [0.29, 0.717) is 5.15 Å². The molecular weight excluding hydrogens is 272 g/mol. The molecule has 1 fully saturated rings. The topological polar surface area (TPSA) is 41.1 Å². The van der Waals surface area contributed by atoms with E-state index in [9.17, 15) is 0 Å². The van der Waals surface area contributed by atoms with Crippen molar-refractivity contribution in [3.05, 3.63) is 16.5 Å². The van der Waals surface area contributed by atoms with Crippen LogP contribution in [0.3, 0.4) is 0 Å². The number of anilines is 1. The van der Waals surface area contributed by atoms with Crippen molar-refractivity contribution in [1.29, 1.82) is 0 Å². The summed E-state index contributed by atoms with van der Waals surface area (Å²) in [4.78, 5) is 11.4. The summed E-state index contributed by atoms with van der Waals surface area (Å²) in [6.07, 6.45) is 4.04. The van der Waals surface area contributed by atoms with Gasteiger partial charge in [0.05, 0.1) is 0 Å². The van der Waals surface area contributed by atoms with Crippen LogP contribution in [0.2, 0.25) is 5.15 Å². The summed E-state index contributed by atoms with van der Waals surface area (Å²) in [6, 6.07) is 0. The molecule has 0 aromatic carbocycles. The normalized spacial score (nSPS) is 16.6. The summed E-state index contributed by atoms with van der Waals surface area (Å²) < 4.78 is 0. The molecule has 0 aliphatic carbocycles. The van der Waals surface area contributed by atoms with Crippen LogP contribution in [0.4, 0.5) is 5.82 Å². The number of nitrogens with one attached hydrogen (secondary N) is 1. The molecule has 2 rings (SSSR count). The third kappa shape index (κ3) is 4.06.